The second-order valence-electron chi connectivity index (χ2n) is 6.61. The van der Waals surface area contributed by atoms with E-state index in [0.29, 0.717) is 0 Å². The van der Waals surface area contributed by atoms with Crippen LogP contribution < -0.4 is 0 Å². The molecule has 0 aromatic heterocycles. The maximum Gasteiger partial charge on any atom is 0.115 e. The second-order valence-corrected chi connectivity index (χ2v) is 6.61. The highest BCUT2D eigenvalue weighted by molar-refractivity contribution is 5.91. The van der Waals surface area contributed by atoms with Crippen molar-refractivity contribution in [2.45, 2.75) is 0 Å². The van der Waals surface area contributed by atoms with E-state index >= 15 is 0 Å². The average Bonchev–Trinajstić information content (AvgIpc) is 2.74. The van der Waals surface area contributed by atoms with E-state index in [2.05, 4.69) is 36.4 Å². The Hall–Kier alpha value is -3.78. The lowest BCUT2D eigenvalue weighted by atomic mass is 9.90. The molecule has 0 aliphatic rings. The summed E-state index contributed by atoms with van der Waals surface area (Å²) in [5.74, 6) is 0.488. The third-order valence-electron chi connectivity index (χ3n) is 4.69. The SMILES string of the molecule is Oc1ccc(-c2cccc(C=Cc3ccccc3)c2-c2ccc(O)cc2)cc1. The van der Waals surface area contributed by atoms with Gasteiger partial charge in [-0.2, -0.15) is 0 Å². The first-order valence-corrected chi connectivity index (χ1v) is 9.16. The van der Waals surface area contributed by atoms with Gasteiger partial charge in [-0.1, -0.05) is 84.9 Å². The van der Waals surface area contributed by atoms with E-state index in [1.54, 1.807) is 24.3 Å². The molecule has 4 aromatic rings. The fraction of sp³-hybridized carbons (Fsp3) is 0. The zero-order valence-corrected chi connectivity index (χ0v) is 15.3. The smallest absolute Gasteiger partial charge is 0.115 e. The molecule has 0 unspecified atom stereocenters. The Morgan fingerprint density at radius 1 is 0.500 bits per heavy atom. The Morgan fingerprint density at radius 3 is 1.75 bits per heavy atom. The standard InChI is InChI=1S/C26H20O2/c27-23-15-11-20(12-16-23)25-8-4-7-21(10-9-19-5-2-1-3-6-19)26(25)22-13-17-24(28)18-14-22/h1-18,27-28H. The molecule has 28 heavy (non-hydrogen) atoms. The molecule has 2 N–H and O–H groups in total. The van der Waals surface area contributed by atoms with Crippen molar-refractivity contribution in [1.82, 2.24) is 0 Å². The fourth-order valence-corrected chi connectivity index (χ4v) is 3.29. The molecule has 2 nitrogen and oxygen atoms in total. The van der Waals surface area contributed by atoms with Gasteiger partial charge in [0.25, 0.3) is 0 Å². The van der Waals surface area contributed by atoms with Crippen molar-refractivity contribution < 1.29 is 10.2 Å². The molecule has 0 spiro atoms. The number of benzene rings is 4. The number of rotatable bonds is 4. The minimum Gasteiger partial charge on any atom is -0.508 e. The Kier molecular flexibility index (Phi) is 4.94. The van der Waals surface area contributed by atoms with Crippen molar-refractivity contribution in [2.24, 2.45) is 0 Å². The van der Waals surface area contributed by atoms with Gasteiger partial charge in [-0.05, 0) is 57.6 Å². The molecule has 2 heteroatoms. The lowest BCUT2D eigenvalue weighted by Gasteiger charge is -2.14. The van der Waals surface area contributed by atoms with Crippen molar-refractivity contribution in [2.75, 3.05) is 0 Å². The number of aromatic hydroxyl groups is 2. The van der Waals surface area contributed by atoms with Gasteiger partial charge in [-0.25, -0.2) is 0 Å². The molecule has 0 radical (unpaired) electrons. The van der Waals surface area contributed by atoms with E-state index in [1.165, 1.54) is 0 Å². The normalized spacial score (nSPS) is 11.0. The van der Waals surface area contributed by atoms with Crippen LogP contribution in [0.5, 0.6) is 11.5 Å². The summed E-state index contributed by atoms with van der Waals surface area (Å²) in [6.45, 7) is 0. The largest absolute Gasteiger partial charge is 0.508 e. The summed E-state index contributed by atoms with van der Waals surface area (Å²) in [5, 5.41) is 19.3. The van der Waals surface area contributed by atoms with Gasteiger partial charge in [0.2, 0.25) is 0 Å². The van der Waals surface area contributed by atoms with Crippen molar-refractivity contribution in [3.63, 3.8) is 0 Å². The predicted molar refractivity (Wildman–Crippen MR) is 116 cm³/mol. The van der Waals surface area contributed by atoms with Crippen LogP contribution in [0.4, 0.5) is 0 Å². The molecule has 0 bridgehead atoms. The van der Waals surface area contributed by atoms with Crippen LogP contribution >= 0.6 is 0 Å². The van der Waals surface area contributed by atoms with Crippen molar-refractivity contribution in [3.05, 3.63) is 108 Å². The molecule has 0 aliphatic heterocycles. The molecule has 0 saturated carbocycles. The van der Waals surface area contributed by atoms with Gasteiger partial charge in [0, 0.05) is 0 Å². The molecule has 0 heterocycles. The van der Waals surface area contributed by atoms with Crippen LogP contribution in [0.1, 0.15) is 11.1 Å². The molecular weight excluding hydrogens is 344 g/mol. The molecule has 4 aromatic carbocycles. The molecule has 136 valence electrons. The first-order valence-electron chi connectivity index (χ1n) is 9.16. The third-order valence-corrected chi connectivity index (χ3v) is 4.69. The molecule has 0 saturated heterocycles. The average molecular weight is 364 g/mol. The van der Waals surface area contributed by atoms with E-state index < -0.39 is 0 Å². The third kappa shape index (κ3) is 3.81. The van der Waals surface area contributed by atoms with Gasteiger partial charge in [0.05, 0.1) is 0 Å². The van der Waals surface area contributed by atoms with Crippen molar-refractivity contribution >= 4 is 12.2 Å². The zero-order valence-electron chi connectivity index (χ0n) is 15.3. The predicted octanol–water partition coefficient (Wildman–Crippen LogP) is 6.60. The highest BCUT2D eigenvalue weighted by atomic mass is 16.3. The first-order chi connectivity index (χ1) is 13.7. The van der Waals surface area contributed by atoms with E-state index in [4.69, 9.17) is 0 Å². The fourth-order valence-electron chi connectivity index (χ4n) is 3.29. The van der Waals surface area contributed by atoms with Crippen LogP contribution in [0.15, 0.2) is 97.1 Å². The summed E-state index contributed by atoms with van der Waals surface area (Å²) in [7, 11) is 0. The Labute approximate surface area is 164 Å². The lowest BCUT2D eigenvalue weighted by Crippen LogP contribution is -1.89. The minimum absolute atomic E-state index is 0.243. The van der Waals surface area contributed by atoms with Crippen LogP contribution in [0.25, 0.3) is 34.4 Å². The van der Waals surface area contributed by atoms with E-state index in [1.807, 2.05) is 48.5 Å². The second kappa shape index (κ2) is 7.85. The minimum atomic E-state index is 0.243. The topological polar surface area (TPSA) is 40.5 Å². The number of hydrogen-bond donors (Lipinski definition) is 2. The maximum absolute atomic E-state index is 9.70. The number of hydrogen-bond acceptors (Lipinski definition) is 2. The van der Waals surface area contributed by atoms with Crippen LogP contribution in [0.2, 0.25) is 0 Å². The van der Waals surface area contributed by atoms with E-state index in [9.17, 15) is 10.2 Å². The summed E-state index contributed by atoms with van der Waals surface area (Å²) in [4.78, 5) is 0. The summed E-state index contributed by atoms with van der Waals surface area (Å²) in [5.41, 5.74) is 6.42. The maximum atomic E-state index is 9.70. The zero-order chi connectivity index (χ0) is 19.3. The van der Waals surface area contributed by atoms with Crippen LogP contribution in [-0.4, -0.2) is 10.2 Å². The first kappa shape index (κ1) is 17.6. The summed E-state index contributed by atoms with van der Waals surface area (Å²) >= 11 is 0. The molecule has 0 atom stereocenters. The monoisotopic (exact) mass is 364 g/mol. The highest BCUT2D eigenvalue weighted by Crippen LogP contribution is 2.37. The molecule has 0 aliphatic carbocycles. The molecule has 0 amide bonds. The van der Waals surface area contributed by atoms with Crippen LogP contribution in [0.3, 0.4) is 0 Å². The van der Waals surface area contributed by atoms with Crippen LogP contribution in [0, 0.1) is 0 Å². The molecule has 4 rings (SSSR count). The number of phenols is 2. The Morgan fingerprint density at radius 2 is 1.11 bits per heavy atom. The van der Waals surface area contributed by atoms with Gasteiger partial charge < -0.3 is 10.2 Å². The quantitative estimate of drug-likeness (QED) is 0.400. The van der Waals surface area contributed by atoms with E-state index in [0.717, 1.165) is 33.4 Å². The lowest BCUT2D eigenvalue weighted by molar-refractivity contribution is 0.475. The summed E-state index contributed by atoms with van der Waals surface area (Å²) in [6.07, 6.45) is 4.21. The summed E-state index contributed by atoms with van der Waals surface area (Å²) < 4.78 is 0. The summed E-state index contributed by atoms with van der Waals surface area (Å²) in [6, 6.07) is 30.9. The van der Waals surface area contributed by atoms with Crippen LogP contribution in [-0.2, 0) is 0 Å². The van der Waals surface area contributed by atoms with Gasteiger partial charge in [0.1, 0.15) is 11.5 Å². The van der Waals surface area contributed by atoms with Gasteiger partial charge in [0.15, 0.2) is 0 Å². The molecule has 0 fully saturated rings. The van der Waals surface area contributed by atoms with Gasteiger partial charge in [-0.15, -0.1) is 0 Å². The van der Waals surface area contributed by atoms with Gasteiger partial charge in [-0.3, -0.25) is 0 Å². The number of phenolic OH excluding ortho intramolecular Hbond substituents is 2. The molecular formula is C26H20O2. The van der Waals surface area contributed by atoms with Crippen molar-refractivity contribution in [1.29, 1.82) is 0 Å². The Bertz CT molecular complexity index is 1090. The highest BCUT2D eigenvalue weighted by Gasteiger charge is 2.11. The van der Waals surface area contributed by atoms with Gasteiger partial charge >= 0.3 is 0 Å². The Balaban J connectivity index is 1.88. The van der Waals surface area contributed by atoms with E-state index in [-0.39, 0.29) is 11.5 Å². The van der Waals surface area contributed by atoms with Crippen molar-refractivity contribution in [3.8, 4) is 33.8 Å².